The summed E-state index contributed by atoms with van der Waals surface area (Å²) < 4.78 is 0. The summed E-state index contributed by atoms with van der Waals surface area (Å²) >= 11 is 0. The van der Waals surface area contributed by atoms with Gasteiger partial charge in [0.05, 0.1) is 6.04 Å². The average Bonchev–Trinajstić information content (AvgIpc) is 2.97. The Balaban J connectivity index is 1.93. The molecular formula is C17H25N3O2. The molecule has 5 nitrogen and oxygen atoms in total. The number of likely N-dealkylation sites (N-methyl/N-ethyl adjacent to an activating group) is 1. The van der Waals surface area contributed by atoms with Crippen molar-refractivity contribution in [1.82, 2.24) is 10.2 Å². The molecule has 0 radical (unpaired) electrons. The van der Waals surface area contributed by atoms with E-state index in [0.717, 1.165) is 11.3 Å². The summed E-state index contributed by atoms with van der Waals surface area (Å²) in [6.07, 6.45) is 0.609. The fourth-order valence-corrected chi connectivity index (χ4v) is 2.75. The third-order valence-electron chi connectivity index (χ3n) is 4.25. The first-order valence-electron chi connectivity index (χ1n) is 7.63. The van der Waals surface area contributed by atoms with E-state index in [2.05, 4.69) is 5.32 Å². The number of hydrogen-bond donors (Lipinski definition) is 1. The molecule has 1 aliphatic rings. The normalized spacial score (nSPS) is 20.7. The summed E-state index contributed by atoms with van der Waals surface area (Å²) in [5.74, 6) is 0.187. The molecule has 0 aliphatic carbocycles. The Morgan fingerprint density at radius 2 is 1.82 bits per heavy atom. The van der Waals surface area contributed by atoms with Gasteiger partial charge in [0.15, 0.2) is 0 Å². The lowest BCUT2D eigenvalue weighted by Gasteiger charge is -2.22. The summed E-state index contributed by atoms with van der Waals surface area (Å²) in [5, 5.41) is 3.16. The van der Waals surface area contributed by atoms with E-state index in [1.54, 1.807) is 11.8 Å². The molecule has 1 N–H and O–H groups in total. The number of hydrogen-bond acceptors (Lipinski definition) is 4. The molecule has 2 unspecified atom stereocenters. The standard InChI is InChI=1S/C17H25N3O2/c1-12(21)14-9-16(18-10-14)17(22)20(4)11-13-5-7-15(8-6-13)19(2)3/h5-8,14,16,18H,9-11H2,1-4H3. The van der Waals surface area contributed by atoms with Crippen molar-refractivity contribution >= 4 is 17.4 Å². The van der Waals surface area contributed by atoms with Crippen LogP contribution in [0.1, 0.15) is 18.9 Å². The fourth-order valence-electron chi connectivity index (χ4n) is 2.75. The summed E-state index contributed by atoms with van der Waals surface area (Å²) in [5.41, 5.74) is 2.24. The number of carbonyl (C=O) groups is 2. The lowest BCUT2D eigenvalue weighted by atomic mass is 10.0. The fraction of sp³-hybridized carbons (Fsp3) is 0.529. The molecule has 1 amide bonds. The minimum atomic E-state index is -0.236. The zero-order valence-electron chi connectivity index (χ0n) is 13.8. The lowest BCUT2D eigenvalue weighted by Crippen LogP contribution is -2.41. The summed E-state index contributed by atoms with van der Waals surface area (Å²) in [7, 11) is 5.81. The monoisotopic (exact) mass is 303 g/mol. The number of anilines is 1. The van der Waals surface area contributed by atoms with Crippen LogP contribution in [0.4, 0.5) is 5.69 Å². The van der Waals surface area contributed by atoms with Crippen LogP contribution in [0.15, 0.2) is 24.3 Å². The second kappa shape index (κ2) is 6.92. The van der Waals surface area contributed by atoms with Crippen LogP contribution < -0.4 is 10.2 Å². The SMILES string of the molecule is CC(=O)C1CNC(C(=O)N(C)Cc2ccc(N(C)C)cc2)C1. The molecule has 0 spiro atoms. The lowest BCUT2D eigenvalue weighted by molar-refractivity contribution is -0.132. The first-order valence-corrected chi connectivity index (χ1v) is 7.63. The molecule has 2 atom stereocenters. The Kier molecular flexibility index (Phi) is 5.19. The van der Waals surface area contributed by atoms with Gasteiger partial charge in [0.2, 0.25) is 5.91 Å². The van der Waals surface area contributed by atoms with Gasteiger partial charge in [0.25, 0.3) is 0 Å². The summed E-state index contributed by atoms with van der Waals surface area (Å²) in [6, 6.07) is 7.94. The number of rotatable bonds is 5. The van der Waals surface area contributed by atoms with E-state index in [1.807, 2.05) is 50.3 Å². The largest absolute Gasteiger partial charge is 0.378 e. The van der Waals surface area contributed by atoms with E-state index >= 15 is 0 Å². The molecule has 1 saturated heterocycles. The molecule has 1 aliphatic heterocycles. The Morgan fingerprint density at radius 1 is 1.18 bits per heavy atom. The van der Waals surface area contributed by atoms with Crippen molar-refractivity contribution in [3.63, 3.8) is 0 Å². The van der Waals surface area contributed by atoms with Crippen LogP contribution in [0.5, 0.6) is 0 Å². The summed E-state index contributed by atoms with van der Waals surface area (Å²) in [6.45, 7) is 2.78. The highest BCUT2D eigenvalue weighted by molar-refractivity contribution is 5.85. The maximum absolute atomic E-state index is 12.4. The van der Waals surface area contributed by atoms with E-state index in [9.17, 15) is 9.59 Å². The van der Waals surface area contributed by atoms with Crippen LogP contribution >= 0.6 is 0 Å². The quantitative estimate of drug-likeness (QED) is 0.890. The van der Waals surface area contributed by atoms with E-state index < -0.39 is 0 Å². The highest BCUT2D eigenvalue weighted by Gasteiger charge is 2.33. The molecule has 0 saturated carbocycles. The minimum Gasteiger partial charge on any atom is -0.378 e. The number of nitrogens with zero attached hydrogens (tertiary/aromatic N) is 2. The third-order valence-corrected chi connectivity index (χ3v) is 4.25. The smallest absolute Gasteiger partial charge is 0.239 e. The number of amides is 1. The Labute approximate surface area is 132 Å². The molecule has 1 aromatic carbocycles. The van der Waals surface area contributed by atoms with Crippen molar-refractivity contribution in [1.29, 1.82) is 0 Å². The second-order valence-electron chi connectivity index (χ2n) is 6.26. The molecule has 0 aromatic heterocycles. The van der Waals surface area contributed by atoms with Crippen LogP contribution in [-0.2, 0) is 16.1 Å². The van der Waals surface area contributed by atoms with Gasteiger partial charge < -0.3 is 15.1 Å². The van der Waals surface area contributed by atoms with Crippen molar-refractivity contribution in [2.75, 3.05) is 32.6 Å². The molecule has 2 rings (SSSR count). The molecule has 22 heavy (non-hydrogen) atoms. The van der Waals surface area contributed by atoms with Gasteiger partial charge in [-0.15, -0.1) is 0 Å². The van der Waals surface area contributed by atoms with E-state index in [4.69, 9.17) is 0 Å². The Morgan fingerprint density at radius 3 is 2.32 bits per heavy atom. The maximum Gasteiger partial charge on any atom is 0.239 e. The van der Waals surface area contributed by atoms with Crippen LogP contribution in [0, 0.1) is 5.92 Å². The predicted octanol–water partition coefficient (Wildman–Crippen LogP) is 1.28. The van der Waals surface area contributed by atoms with Crippen LogP contribution in [0.2, 0.25) is 0 Å². The Hall–Kier alpha value is -1.88. The average molecular weight is 303 g/mol. The minimum absolute atomic E-state index is 0.0262. The Bertz CT molecular complexity index is 539. The van der Waals surface area contributed by atoms with Crippen molar-refractivity contribution in [2.45, 2.75) is 25.9 Å². The van der Waals surface area contributed by atoms with Gasteiger partial charge in [-0.3, -0.25) is 9.59 Å². The van der Waals surface area contributed by atoms with Gasteiger partial charge in [-0.25, -0.2) is 0 Å². The first kappa shape index (κ1) is 16.5. The van der Waals surface area contributed by atoms with Crippen LogP contribution in [0.25, 0.3) is 0 Å². The van der Waals surface area contributed by atoms with Crippen LogP contribution in [-0.4, -0.2) is 50.3 Å². The highest BCUT2D eigenvalue weighted by atomic mass is 16.2. The molecule has 1 fully saturated rings. The van der Waals surface area contributed by atoms with Crippen LogP contribution in [0.3, 0.4) is 0 Å². The molecule has 0 bridgehead atoms. The highest BCUT2D eigenvalue weighted by Crippen LogP contribution is 2.18. The molecular weight excluding hydrogens is 278 g/mol. The summed E-state index contributed by atoms with van der Waals surface area (Å²) in [4.78, 5) is 27.6. The zero-order chi connectivity index (χ0) is 16.3. The van der Waals surface area contributed by atoms with Gasteiger partial charge in [-0.2, -0.15) is 0 Å². The topological polar surface area (TPSA) is 52.7 Å². The molecule has 5 heteroatoms. The van der Waals surface area contributed by atoms with Gasteiger partial charge >= 0.3 is 0 Å². The zero-order valence-corrected chi connectivity index (χ0v) is 13.8. The molecule has 1 aromatic rings. The number of ketones is 1. The molecule has 1 heterocycles. The van der Waals surface area contributed by atoms with Gasteiger partial charge in [-0.1, -0.05) is 12.1 Å². The van der Waals surface area contributed by atoms with Crippen molar-refractivity contribution in [2.24, 2.45) is 5.92 Å². The third kappa shape index (κ3) is 3.85. The van der Waals surface area contributed by atoms with Crippen molar-refractivity contribution in [3.05, 3.63) is 29.8 Å². The van der Waals surface area contributed by atoms with E-state index in [0.29, 0.717) is 19.5 Å². The van der Waals surface area contributed by atoms with E-state index in [1.165, 1.54) is 0 Å². The number of Topliss-reactive ketones (excluding diaryl/α,β-unsaturated/α-hetero) is 1. The maximum atomic E-state index is 12.4. The number of benzene rings is 1. The second-order valence-corrected chi connectivity index (χ2v) is 6.26. The van der Waals surface area contributed by atoms with Crippen molar-refractivity contribution in [3.8, 4) is 0 Å². The van der Waals surface area contributed by atoms with Gasteiger partial charge in [0, 0.05) is 45.8 Å². The van der Waals surface area contributed by atoms with Crippen molar-refractivity contribution < 1.29 is 9.59 Å². The number of nitrogens with one attached hydrogen (secondary N) is 1. The number of carbonyl (C=O) groups excluding carboxylic acids is 2. The predicted molar refractivity (Wildman–Crippen MR) is 87.8 cm³/mol. The van der Waals surface area contributed by atoms with Gasteiger partial charge in [-0.05, 0) is 31.0 Å². The first-order chi connectivity index (χ1) is 10.4. The van der Waals surface area contributed by atoms with Gasteiger partial charge in [0.1, 0.15) is 5.78 Å². The van der Waals surface area contributed by atoms with E-state index in [-0.39, 0.29) is 23.7 Å². The molecule has 120 valence electrons.